The molecule has 1 saturated heterocycles. The lowest BCUT2D eigenvalue weighted by Gasteiger charge is -2.30. The Bertz CT molecular complexity index is 700. The van der Waals surface area contributed by atoms with Gasteiger partial charge in [-0.3, -0.25) is 5.10 Å². The van der Waals surface area contributed by atoms with E-state index in [0.29, 0.717) is 24.6 Å². The first-order valence-electron chi connectivity index (χ1n) is 8.16. The second-order valence-electron chi connectivity index (χ2n) is 6.46. The molecule has 2 atom stereocenters. The van der Waals surface area contributed by atoms with Crippen molar-refractivity contribution in [3.63, 3.8) is 0 Å². The molecule has 2 N–H and O–H groups in total. The summed E-state index contributed by atoms with van der Waals surface area (Å²) in [5.74, 6) is 1.20. The first kappa shape index (κ1) is 16.4. The third-order valence-electron chi connectivity index (χ3n) is 4.45. The summed E-state index contributed by atoms with van der Waals surface area (Å²) >= 11 is 0. The highest BCUT2D eigenvalue weighted by molar-refractivity contribution is 5.75. The maximum Gasteiger partial charge on any atom is 0.320 e. The van der Waals surface area contributed by atoms with Crippen molar-refractivity contribution in [3.8, 4) is 11.4 Å². The van der Waals surface area contributed by atoms with Gasteiger partial charge >= 0.3 is 6.03 Å². The number of β-amino-alcohol motifs (C(OH)–C–C–N with tert-alkyl or cyclic N) is 1. The minimum atomic E-state index is -0.551. The summed E-state index contributed by atoms with van der Waals surface area (Å²) in [6, 6.07) is 9.36. The number of carbonyl (C=O) groups excluding carboxylic acids is 1. The van der Waals surface area contributed by atoms with Crippen LogP contribution in [0.1, 0.15) is 32.1 Å². The van der Waals surface area contributed by atoms with Crippen molar-refractivity contribution in [2.45, 2.75) is 38.5 Å². The highest BCUT2D eigenvalue weighted by atomic mass is 16.3. The minimum Gasteiger partial charge on any atom is -0.391 e. The van der Waals surface area contributed by atoms with E-state index in [2.05, 4.69) is 15.2 Å². The van der Waals surface area contributed by atoms with E-state index in [1.165, 1.54) is 0 Å². The van der Waals surface area contributed by atoms with Gasteiger partial charge in [-0.2, -0.15) is 5.10 Å². The number of aliphatic hydroxyl groups is 1. The fourth-order valence-corrected chi connectivity index (χ4v) is 2.85. The van der Waals surface area contributed by atoms with Crippen LogP contribution in [0, 0.1) is 0 Å². The van der Waals surface area contributed by atoms with Crippen molar-refractivity contribution in [2.24, 2.45) is 0 Å². The Balaban J connectivity index is 1.85. The van der Waals surface area contributed by atoms with Gasteiger partial charge in [0.2, 0.25) is 0 Å². The normalized spacial score (nSPS) is 20.6. The van der Waals surface area contributed by atoms with Crippen LogP contribution < -0.4 is 0 Å². The van der Waals surface area contributed by atoms with Crippen LogP contribution in [0.15, 0.2) is 30.3 Å². The van der Waals surface area contributed by atoms with E-state index in [9.17, 15) is 9.90 Å². The molecule has 1 aromatic carbocycles. The van der Waals surface area contributed by atoms with Gasteiger partial charge in [-0.15, -0.1) is 0 Å². The monoisotopic (exact) mass is 329 g/mol. The molecule has 1 aliphatic rings. The number of aromatic nitrogens is 3. The average Bonchev–Trinajstić information content (AvgIpc) is 3.20. The summed E-state index contributed by atoms with van der Waals surface area (Å²) in [7, 11) is 1.77. The van der Waals surface area contributed by atoms with Crippen LogP contribution in [0.3, 0.4) is 0 Å². The summed E-state index contributed by atoms with van der Waals surface area (Å²) in [6.45, 7) is 4.23. The third kappa shape index (κ3) is 3.12. The van der Waals surface area contributed by atoms with E-state index >= 15 is 0 Å². The largest absolute Gasteiger partial charge is 0.391 e. The predicted octanol–water partition coefficient (Wildman–Crippen LogP) is 2.04. The third-order valence-corrected chi connectivity index (χ3v) is 4.45. The maximum atomic E-state index is 12.7. The Morgan fingerprint density at radius 2 is 2.08 bits per heavy atom. The van der Waals surface area contributed by atoms with Crippen molar-refractivity contribution < 1.29 is 9.90 Å². The van der Waals surface area contributed by atoms with Gasteiger partial charge < -0.3 is 14.9 Å². The van der Waals surface area contributed by atoms with E-state index in [1.54, 1.807) is 16.8 Å². The molecule has 2 amide bonds. The SMILES string of the molecule is CC(C)N(C)C(=O)N1C[C@H](O)C[C@H]1c1nc(-c2ccccc2)n[nH]1. The molecule has 2 aromatic rings. The van der Waals surface area contributed by atoms with Gasteiger partial charge in [0.05, 0.1) is 12.1 Å². The predicted molar refractivity (Wildman–Crippen MR) is 90.2 cm³/mol. The number of nitrogens with one attached hydrogen (secondary N) is 1. The van der Waals surface area contributed by atoms with E-state index in [-0.39, 0.29) is 18.1 Å². The Morgan fingerprint density at radius 1 is 1.38 bits per heavy atom. The van der Waals surface area contributed by atoms with Gasteiger partial charge in [0.1, 0.15) is 5.82 Å². The van der Waals surface area contributed by atoms with Gasteiger partial charge in [0.25, 0.3) is 0 Å². The lowest BCUT2D eigenvalue weighted by molar-refractivity contribution is 0.137. The number of aromatic amines is 1. The molecule has 0 bridgehead atoms. The lowest BCUT2D eigenvalue weighted by atomic mass is 10.2. The summed E-state index contributed by atoms with van der Waals surface area (Å²) in [4.78, 5) is 20.5. The molecule has 7 nitrogen and oxygen atoms in total. The number of hydrogen-bond acceptors (Lipinski definition) is 4. The molecule has 0 unspecified atom stereocenters. The second-order valence-corrected chi connectivity index (χ2v) is 6.46. The Kier molecular flexibility index (Phi) is 4.53. The molecular weight excluding hydrogens is 306 g/mol. The molecule has 1 aliphatic heterocycles. The first-order valence-corrected chi connectivity index (χ1v) is 8.16. The number of hydrogen-bond donors (Lipinski definition) is 2. The van der Waals surface area contributed by atoms with Crippen molar-refractivity contribution in [1.29, 1.82) is 0 Å². The average molecular weight is 329 g/mol. The first-order chi connectivity index (χ1) is 11.5. The molecule has 0 spiro atoms. The molecule has 0 radical (unpaired) electrons. The van der Waals surface area contributed by atoms with Crippen LogP contribution in [-0.4, -0.2) is 61.9 Å². The molecule has 24 heavy (non-hydrogen) atoms. The van der Waals surface area contributed by atoms with Crippen LogP contribution in [0.4, 0.5) is 4.79 Å². The number of carbonyl (C=O) groups is 1. The molecule has 128 valence electrons. The number of nitrogens with zero attached hydrogens (tertiary/aromatic N) is 4. The zero-order valence-electron chi connectivity index (χ0n) is 14.2. The maximum absolute atomic E-state index is 12.7. The van der Waals surface area contributed by atoms with E-state index in [4.69, 9.17) is 0 Å². The number of likely N-dealkylation sites (tertiary alicyclic amines) is 1. The van der Waals surface area contributed by atoms with Crippen molar-refractivity contribution in [3.05, 3.63) is 36.2 Å². The van der Waals surface area contributed by atoms with Crippen molar-refractivity contribution in [1.82, 2.24) is 25.0 Å². The molecule has 0 aliphatic carbocycles. The molecule has 7 heteroatoms. The summed E-state index contributed by atoms with van der Waals surface area (Å²) in [5.41, 5.74) is 0.913. The standard InChI is InChI=1S/C17H23N5O2/c1-11(2)21(3)17(24)22-10-13(23)9-14(22)16-18-15(19-20-16)12-7-5-4-6-8-12/h4-8,11,13-14,23H,9-10H2,1-3H3,(H,18,19,20)/t13-,14+/m1/s1. The topological polar surface area (TPSA) is 85.3 Å². The van der Waals surface area contributed by atoms with Gasteiger partial charge in [0.15, 0.2) is 5.82 Å². The zero-order valence-corrected chi connectivity index (χ0v) is 14.2. The van der Waals surface area contributed by atoms with Crippen LogP contribution >= 0.6 is 0 Å². The van der Waals surface area contributed by atoms with Crippen LogP contribution in [0.5, 0.6) is 0 Å². The number of rotatable bonds is 3. The fraction of sp³-hybridized carbons (Fsp3) is 0.471. The van der Waals surface area contributed by atoms with Gasteiger partial charge in [-0.1, -0.05) is 30.3 Å². The number of urea groups is 1. The lowest BCUT2D eigenvalue weighted by Crippen LogP contribution is -2.44. The van der Waals surface area contributed by atoms with E-state index < -0.39 is 6.10 Å². The van der Waals surface area contributed by atoms with Crippen molar-refractivity contribution >= 4 is 6.03 Å². The highest BCUT2D eigenvalue weighted by Crippen LogP contribution is 2.32. The minimum absolute atomic E-state index is 0.0884. The Hall–Kier alpha value is -2.41. The van der Waals surface area contributed by atoms with Crippen LogP contribution in [0.25, 0.3) is 11.4 Å². The van der Waals surface area contributed by atoms with Gasteiger partial charge in [-0.05, 0) is 13.8 Å². The van der Waals surface area contributed by atoms with Gasteiger partial charge in [0, 0.05) is 31.6 Å². The second kappa shape index (κ2) is 6.60. The number of amides is 2. The van der Waals surface area contributed by atoms with Crippen molar-refractivity contribution in [2.75, 3.05) is 13.6 Å². The number of benzene rings is 1. The van der Waals surface area contributed by atoms with Crippen LogP contribution in [0.2, 0.25) is 0 Å². The molecule has 1 fully saturated rings. The highest BCUT2D eigenvalue weighted by Gasteiger charge is 2.39. The number of aliphatic hydroxyl groups excluding tert-OH is 1. The van der Waals surface area contributed by atoms with E-state index in [0.717, 1.165) is 5.56 Å². The zero-order chi connectivity index (χ0) is 17.3. The number of H-pyrrole nitrogens is 1. The summed E-state index contributed by atoms with van der Waals surface area (Å²) in [6.07, 6.45) is -0.0917. The fourth-order valence-electron chi connectivity index (χ4n) is 2.85. The summed E-state index contributed by atoms with van der Waals surface area (Å²) in [5, 5.41) is 17.2. The molecule has 1 aromatic heterocycles. The Morgan fingerprint density at radius 3 is 2.75 bits per heavy atom. The molecular formula is C17H23N5O2. The quantitative estimate of drug-likeness (QED) is 0.902. The van der Waals surface area contributed by atoms with Crippen LogP contribution in [-0.2, 0) is 0 Å². The molecule has 0 saturated carbocycles. The Labute approximate surface area is 141 Å². The van der Waals surface area contributed by atoms with E-state index in [1.807, 2.05) is 44.2 Å². The van der Waals surface area contributed by atoms with Gasteiger partial charge in [-0.25, -0.2) is 9.78 Å². The molecule has 2 heterocycles. The molecule has 3 rings (SSSR count). The smallest absolute Gasteiger partial charge is 0.320 e. The summed E-state index contributed by atoms with van der Waals surface area (Å²) < 4.78 is 0.